The summed E-state index contributed by atoms with van der Waals surface area (Å²) in [6.45, 7) is 0. The van der Waals surface area contributed by atoms with E-state index in [0.29, 0.717) is 5.75 Å². The van der Waals surface area contributed by atoms with E-state index in [9.17, 15) is 0 Å². The highest BCUT2D eigenvalue weighted by molar-refractivity contribution is 9.11. The molecule has 6 heteroatoms. The first kappa shape index (κ1) is 15.4. The Bertz CT molecular complexity index is 583. The normalized spacial score (nSPS) is 12.3. The van der Waals surface area contributed by atoms with Gasteiger partial charge in [0.1, 0.15) is 0 Å². The van der Waals surface area contributed by atoms with Crippen LogP contribution in [0.25, 0.3) is 0 Å². The molecule has 0 aliphatic heterocycles. The molecule has 19 heavy (non-hydrogen) atoms. The first-order valence-corrected chi connectivity index (χ1v) is 8.74. The summed E-state index contributed by atoms with van der Waals surface area (Å²) in [4.78, 5) is 0.101. The average Bonchev–Trinajstić information content (AvgIpc) is 2.84. The summed E-state index contributed by atoms with van der Waals surface area (Å²) < 4.78 is 12.7. The molecule has 0 radical (unpaired) electrons. The van der Waals surface area contributed by atoms with Crippen LogP contribution in [0.3, 0.4) is 0 Å². The van der Waals surface area contributed by atoms with Crippen LogP contribution in [0.5, 0.6) is 11.5 Å². The maximum Gasteiger partial charge on any atom is 0.161 e. The van der Waals surface area contributed by atoms with Gasteiger partial charge in [-0.3, -0.25) is 0 Å². The zero-order valence-electron chi connectivity index (χ0n) is 10.2. The van der Waals surface area contributed by atoms with Gasteiger partial charge in [0.2, 0.25) is 0 Å². The molecule has 0 aliphatic carbocycles. The van der Waals surface area contributed by atoms with Crippen LogP contribution in [0.2, 0.25) is 0 Å². The van der Waals surface area contributed by atoms with Crippen LogP contribution in [-0.2, 0) is 0 Å². The minimum atomic E-state index is 0.101. The molecule has 0 amide bonds. The van der Waals surface area contributed by atoms with Crippen molar-refractivity contribution in [1.82, 2.24) is 0 Å². The second-order valence-corrected chi connectivity index (χ2v) is 7.84. The Morgan fingerprint density at radius 1 is 1.05 bits per heavy atom. The van der Waals surface area contributed by atoms with Crippen molar-refractivity contribution in [3.05, 3.63) is 43.0 Å². The summed E-state index contributed by atoms with van der Waals surface area (Å²) in [5.74, 6) is 1.43. The zero-order chi connectivity index (χ0) is 14.0. The van der Waals surface area contributed by atoms with Crippen molar-refractivity contribution in [2.75, 3.05) is 14.2 Å². The van der Waals surface area contributed by atoms with E-state index in [-0.39, 0.29) is 4.83 Å². The maximum atomic E-state index is 5.35. The second kappa shape index (κ2) is 6.61. The minimum Gasteiger partial charge on any atom is -0.493 e. The standard InChI is InChI=1S/C13H11Br3O2S/c1-17-10-4-8(9(14)5-11(10)18-2)13(16)7-3-12(15)19-6-7/h3-6,13H,1-2H3. The molecule has 102 valence electrons. The maximum absolute atomic E-state index is 5.35. The summed E-state index contributed by atoms with van der Waals surface area (Å²) in [5, 5.41) is 2.12. The summed E-state index contributed by atoms with van der Waals surface area (Å²) in [7, 11) is 3.27. The van der Waals surface area contributed by atoms with Gasteiger partial charge in [0, 0.05) is 4.47 Å². The van der Waals surface area contributed by atoms with Gasteiger partial charge in [-0.1, -0.05) is 31.9 Å². The fraction of sp³-hybridized carbons (Fsp3) is 0.231. The number of hydrogen-bond acceptors (Lipinski definition) is 3. The Hall–Kier alpha value is -0.0400. The van der Waals surface area contributed by atoms with Gasteiger partial charge in [0.15, 0.2) is 11.5 Å². The SMILES string of the molecule is COc1cc(Br)c(C(Br)c2csc(Br)c2)cc1OC. The first-order chi connectivity index (χ1) is 9.06. The van der Waals surface area contributed by atoms with E-state index in [1.54, 1.807) is 25.6 Å². The van der Waals surface area contributed by atoms with Crippen LogP contribution in [0.1, 0.15) is 16.0 Å². The lowest BCUT2D eigenvalue weighted by Crippen LogP contribution is -1.97. The third kappa shape index (κ3) is 3.35. The van der Waals surface area contributed by atoms with Crippen molar-refractivity contribution in [3.63, 3.8) is 0 Å². The highest BCUT2D eigenvalue weighted by Crippen LogP contribution is 2.42. The molecule has 0 saturated heterocycles. The minimum absolute atomic E-state index is 0.101. The van der Waals surface area contributed by atoms with Crippen LogP contribution in [0.15, 0.2) is 31.8 Å². The number of halogens is 3. The van der Waals surface area contributed by atoms with E-state index >= 15 is 0 Å². The van der Waals surface area contributed by atoms with E-state index in [4.69, 9.17) is 9.47 Å². The van der Waals surface area contributed by atoms with Crippen LogP contribution in [0.4, 0.5) is 0 Å². The number of methoxy groups -OCH3 is 2. The van der Waals surface area contributed by atoms with Crippen molar-refractivity contribution in [2.45, 2.75) is 4.83 Å². The summed E-state index contributed by atoms with van der Waals surface area (Å²) in [6.07, 6.45) is 0. The van der Waals surface area contributed by atoms with Crippen LogP contribution in [-0.4, -0.2) is 14.2 Å². The average molecular weight is 471 g/mol. The Morgan fingerprint density at radius 3 is 2.21 bits per heavy atom. The zero-order valence-corrected chi connectivity index (χ0v) is 15.8. The molecule has 2 aromatic rings. The molecule has 0 bridgehead atoms. The summed E-state index contributed by atoms with van der Waals surface area (Å²) in [6, 6.07) is 6.00. The quantitative estimate of drug-likeness (QED) is 0.528. The largest absolute Gasteiger partial charge is 0.493 e. The lowest BCUT2D eigenvalue weighted by atomic mass is 10.1. The summed E-state index contributed by atoms with van der Waals surface area (Å²) >= 11 is 12.5. The van der Waals surface area contributed by atoms with E-state index in [2.05, 4.69) is 59.2 Å². The second-order valence-electron chi connectivity index (χ2n) is 3.78. The number of benzene rings is 1. The van der Waals surface area contributed by atoms with Gasteiger partial charge in [-0.2, -0.15) is 0 Å². The fourth-order valence-corrected chi connectivity index (χ4v) is 4.58. The Labute approximate surface area is 141 Å². The summed E-state index contributed by atoms with van der Waals surface area (Å²) in [5.41, 5.74) is 2.30. The van der Waals surface area contributed by atoms with Gasteiger partial charge in [-0.25, -0.2) is 0 Å². The van der Waals surface area contributed by atoms with Gasteiger partial charge in [-0.05, 0) is 50.6 Å². The molecule has 2 nitrogen and oxygen atoms in total. The Morgan fingerprint density at radius 2 is 1.68 bits per heavy atom. The Balaban J connectivity index is 2.44. The number of rotatable bonds is 4. The monoisotopic (exact) mass is 468 g/mol. The molecular weight excluding hydrogens is 460 g/mol. The number of alkyl halides is 1. The van der Waals surface area contributed by atoms with Crippen LogP contribution < -0.4 is 9.47 Å². The molecule has 0 spiro atoms. The van der Waals surface area contributed by atoms with E-state index in [0.717, 1.165) is 19.6 Å². The number of hydrogen-bond donors (Lipinski definition) is 0. The molecule has 1 heterocycles. The Kier molecular flexibility index (Phi) is 5.34. The molecular formula is C13H11Br3O2S. The molecule has 1 unspecified atom stereocenters. The van der Waals surface area contributed by atoms with Gasteiger partial charge >= 0.3 is 0 Å². The van der Waals surface area contributed by atoms with Gasteiger partial charge < -0.3 is 9.47 Å². The lowest BCUT2D eigenvalue weighted by molar-refractivity contribution is 0.354. The van der Waals surface area contributed by atoms with E-state index in [1.165, 1.54) is 5.56 Å². The van der Waals surface area contributed by atoms with E-state index in [1.807, 2.05) is 12.1 Å². The van der Waals surface area contributed by atoms with Gasteiger partial charge in [0.05, 0.1) is 22.8 Å². The highest BCUT2D eigenvalue weighted by atomic mass is 79.9. The highest BCUT2D eigenvalue weighted by Gasteiger charge is 2.18. The van der Waals surface area contributed by atoms with Crippen LogP contribution >= 0.6 is 59.1 Å². The molecule has 0 fully saturated rings. The molecule has 2 rings (SSSR count). The van der Waals surface area contributed by atoms with Gasteiger partial charge in [-0.15, -0.1) is 11.3 Å². The number of ether oxygens (including phenoxy) is 2. The third-order valence-electron chi connectivity index (χ3n) is 2.66. The fourth-order valence-electron chi connectivity index (χ4n) is 1.70. The predicted octanol–water partition coefficient (Wildman–Crippen LogP) is 5.77. The van der Waals surface area contributed by atoms with Crippen molar-refractivity contribution in [2.24, 2.45) is 0 Å². The van der Waals surface area contributed by atoms with Gasteiger partial charge in [0.25, 0.3) is 0 Å². The molecule has 1 aromatic heterocycles. The smallest absolute Gasteiger partial charge is 0.161 e. The predicted molar refractivity (Wildman–Crippen MR) is 90.0 cm³/mol. The molecule has 1 atom stereocenters. The molecule has 1 aromatic carbocycles. The van der Waals surface area contributed by atoms with Crippen molar-refractivity contribution in [1.29, 1.82) is 0 Å². The third-order valence-corrected chi connectivity index (χ3v) is 5.89. The molecule has 0 N–H and O–H groups in total. The van der Waals surface area contributed by atoms with E-state index < -0.39 is 0 Å². The topological polar surface area (TPSA) is 18.5 Å². The van der Waals surface area contributed by atoms with Crippen molar-refractivity contribution < 1.29 is 9.47 Å². The molecule has 0 saturated carbocycles. The molecule has 0 aliphatic rings. The van der Waals surface area contributed by atoms with Crippen molar-refractivity contribution >= 4 is 59.1 Å². The van der Waals surface area contributed by atoms with Crippen LogP contribution in [0, 0.1) is 0 Å². The number of thiophene rings is 1. The van der Waals surface area contributed by atoms with Crippen molar-refractivity contribution in [3.8, 4) is 11.5 Å². The first-order valence-electron chi connectivity index (χ1n) is 5.36. The lowest BCUT2D eigenvalue weighted by Gasteiger charge is -2.15.